The first kappa shape index (κ1) is 18.3. The molecule has 1 fully saturated rings. The Bertz CT molecular complexity index is 936. The van der Waals surface area contributed by atoms with Crippen LogP contribution in [0.25, 0.3) is 0 Å². The largest absolute Gasteiger partial charge is 0.298 e. The molecular weight excluding hydrogens is 426 g/mol. The zero-order valence-electron chi connectivity index (χ0n) is 14.9. The van der Waals surface area contributed by atoms with Crippen molar-refractivity contribution in [1.29, 1.82) is 0 Å². The van der Waals surface area contributed by atoms with Crippen LogP contribution in [-0.4, -0.2) is 32.1 Å². The number of rotatable bonds is 5. The molecule has 0 bridgehead atoms. The number of aryl methyl sites for hydroxylation is 1. The predicted octanol–water partition coefficient (Wildman–Crippen LogP) is 4.23. The molecule has 1 aliphatic rings. The Morgan fingerprint density at radius 2 is 2.15 bits per heavy atom. The Balaban J connectivity index is 1.43. The van der Waals surface area contributed by atoms with Crippen molar-refractivity contribution in [2.45, 2.75) is 25.4 Å². The molecule has 0 aliphatic carbocycles. The Labute approximate surface area is 170 Å². The first-order valence-electron chi connectivity index (χ1n) is 8.83. The standard InChI is InChI=1S/C19H20BrN5OS/c1-24-10-8-15(23-24)11-25-9-2-3-17(25)16-12-27-19(21-16)22-18(26)13-4-6-14(20)7-5-13/h4-8,10,12,17H,2-3,9,11H2,1H3,(H,21,22,26)/t17-/m1/s1. The summed E-state index contributed by atoms with van der Waals surface area (Å²) >= 11 is 4.86. The van der Waals surface area contributed by atoms with Crippen LogP contribution < -0.4 is 5.32 Å². The van der Waals surface area contributed by atoms with Crippen LogP contribution in [0.3, 0.4) is 0 Å². The number of halogens is 1. The lowest BCUT2D eigenvalue weighted by Crippen LogP contribution is -2.23. The van der Waals surface area contributed by atoms with Gasteiger partial charge in [-0.05, 0) is 49.7 Å². The van der Waals surface area contributed by atoms with Gasteiger partial charge in [0.25, 0.3) is 5.91 Å². The number of aromatic nitrogens is 3. The molecule has 0 spiro atoms. The van der Waals surface area contributed by atoms with Gasteiger partial charge in [0.2, 0.25) is 0 Å². The van der Waals surface area contributed by atoms with E-state index < -0.39 is 0 Å². The Morgan fingerprint density at radius 1 is 1.33 bits per heavy atom. The zero-order chi connectivity index (χ0) is 18.8. The monoisotopic (exact) mass is 445 g/mol. The van der Waals surface area contributed by atoms with E-state index in [-0.39, 0.29) is 11.9 Å². The molecular formula is C19H20BrN5OS. The molecule has 6 nitrogen and oxygen atoms in total. The first-order chi connectivity index (χ1) is 13.1. The number of hydrogen-bond donors (Lipinski definition) is 1. The minimum absolute atomic E-state index is 0.139. The first-order valence-corrected chi connectivity index (χ1v) is 10.5. The van der Waals surface area contributed by atoms with E-state index in [1.807, 2.05) is 30.1 Å². The molecule has 1 aromatic carbocycles. The maximum absolute atomic E-state index is 12.4. The van der Waals surface area contributed by atoms with Gasteiger partial charge in [-0.3, -0.25) is 19.7 Å². The molecule has 3 aromatic rings. The molecule has 1 N–H and O–H groups in total. The number of likely N-dealkylation sites (tertiary alicyclic amines) is 1. The van der Waals surface area contributed by atoms with Gasteiger partial charge in [-0.2, -0.15) is 5.10 Å². The summed E-state index contributed by atoms with van der Waals surface area (Å²) in [6.07, 6.45) is 4.20. The third-order valence-corrected chi connectivity index (χ3v) is 5.99. The van der Waals surface area contributed by atoms with Crippen LogP contribution in [0.5, 0.6) is 0 Å². The second-order valence-corrected chi connectivity index (χ2v) is 8.42. The van der Waals surface area contributed by atoms with Crippen LogP contribution in [0.1, 0.15) is 40.6 Å². The summed E-state index contributed by atoms with van der Waals surface area (Å²) in [5.74, 6) is -0.139. The molecule has 1 saturated heterocycles. The summed E-state index contributed by atoms with van der Waals surface area (Å²) in [6, 6.07) is 9.63. The van der Waals surface area contributed by atoms with Gasteiger partial charge in [0.05, 0.1) is 17.4 Å². The topological polar surface area (TPSA) is 63.0 Å². The van der Waals surface area contributed by atoms with Crippen molar-refractivity contribution in [3.63, 3.8) is 0 Å². The van der Waals surface area contributed by atoms with Gasteiger partial charge < -0.3 is 0 Å². The third-order valence-electron chi connectivity index (χ3n) is 4.69. The molecule has 0 saturated carbocycles. The van der Waals surface area contributed by atoms with Crippen LogP contribution >= 0.6 is 27.3 Å². The zero-order valence-corrected chi connectivity index (χ0v) is 17.3. The van der Waals surface area contributed by atoms with Crippen molar-refractivity contribution in [2.75, 3.05) is 11.9 Å². The maximum Gasteiger partial charge on any atom is 0.257 e. The minimum atomic E-state index is -0.139. The summed E-state index contributed by atoms with van der Waals surface area (Å²) < 4.78 is 2.78. The fourth-order valence-electron chi connectivity index (χ4n) is 3.37. The van der Waals surface area contributed by atoms with Gasteiger partial charge in [-0.1, -0.05) is 15.9 Å². The van der Waals surface area contributed by atoms with Crippen molar-refractivity contribution < 1.29 is 4.79 Å². The van der Waals surface area contributed by atoms with Gasteiger partial charge in [0, 0.05) is 35.2 Å². The van der Waals surface area contributed by atoms with Crippen LogP contribution in [0.4, 0.5) is 5.13 Å². The van der Waals surface area contributed by atoms with Crippen LogP contribution in [0.2, 0.25) is 0 Å². The van der Waals surface area contributed by atoms with E-state index in [1.165, 1.54) is 11.3 Å². The summed E-state index contributed by atoms with van der Waals surface area (Å²) in [7, 11) is 1.94. The fourth-order valence-corrected chi connectivity index (χ4v) is 4.39. The lowest BCUT2D eigenvalue weighted by molar-refractivity contribution is 0.102. The number of nitrogens with zero attached hydrogens (tertiary/aromatic N) is 4. The highest BCUT2D eigenvalue weighted by Crippen LogP contribution is 2.34. The van der Waals surface area contributed by atoms with Crippen molar-refractivity contribution in [3.8, 4) is 0 Å². The van der Waals surface area contributed by atoms with Crippen molar-refractivity contribution >= 4 is 38.3 Å². The summed E-state index contributed by atoms with van der Waals surface area (Å²) in [4.78, 5) is 19.5. The molecule has 27 heavy (non-hydrogen) atoms. The van der Waals surface area contributed by atoms with Crippen LogP contribution in [-0.2, 0) is 13.6 Å². The molecule has 2 aromatic heterocycles. The Hall–Kier alpha value is -2.03. The van der Waals surface area contributed by atoms with Gasteiger partial charge in [0.15, 0.2) is 5.13 Å². The Kier molecular flexibility index (Phi) is 5.38. The number of amides is 1. The summed E-state index contributed by atoms with van der Waals surface area (Å²) in [5, 5.41) is 10.1. The average molecular weight is 446 g/mol. The lowest BCUT2D eigenvalue weighted by atomic mass is 10.1. The second-order valence-electron chi connectivity index (χ2n) is 6.65. The average Bonchev–Trinajstić information content (AvgIpc) is 3.37. The minimum Gasteiger partial charge on any atom is -0.298 e. The Morgan fingerprint density at radius 3 is 2.89 bits per heavy atom. The molecule has 8 heteroatoms. The predicted molar refractivity (Wildman–Crippen MR) is 110 cm³/mol. The van der Waals surface area contributed by atoms with E-state index in [2.05, 4.69) is 47.7 Å². The highest BCUT2D eigenvalue weighted by Gasteiger charge is 2.28. The molecule has 4 rings (SSSR count). The molecule has 0 unspecified atom stereocenters. The molecule has 0 radical (unpaired) electrons. The number of hydrogen-bond acceptors (Lipinski definition) is 5. The van der Waals surface area contributed by atoms with Crippen LogP contribution in [0, 0.1) is 0 Å². The number of nitrogens with one attached hydrogen (secondary N) is 1. The van der Waals surface area contributed by atoms with E-state index in [4.69, 9.17) is 0 Å². The highest BCUT2D eigenvalue weighted by atomic mass is 79.9. The van der Waals surface area contributed by atoms with E-state index in [1.54, 1.807) is 12.1 Å². The SMILES string of the molecule is Cn1ccc(CN2CCC[C@@H]2c2csc(NC(=O)c3ccc(Br)cc3)n2)n1. The third kappa shape index (κ3) is 4.28. The molecule has 140 valence electrons. The van der Waals surface area contributed by atoms with Gasteiger partial charge in [-0.15, -0.1) is 11.3 Å². The fraction of sp³-hybridized carbons (Fsp3) is 0.316. The number of thiazole rings is 1. The molecule has 1 aliphatic heterocycles. The summed E-state index contributed by atoms with van der Waals surface area (Å²) in [6.45, 7) is 1.86. The number of benzene rings is 1. The van der Waals surface area contributed by atoms with Crippen molar-refractivity contribution in [1.82, 2.24) is 19.7 Å². The van der Waals surface area contributed by atoms with Crippen molar-refractivity contribution in [2.24, 2.45) is 7.05 Å². The normalized spacial score (nSPS) is 17.3. The molecule has 1 atom stereocenters. The second kappa shape index (κ2) is 7.92. The van der Waals surface area contributed by atoms with Gasteiger partial charge in [-0.25, -0.2) is 4.98 Å². The van der Waals surface area contributed by atoms with E-state index in [0.717, 1.165) is 41.8 Å². The van der Waals surface area contributed by atoms with E-state index in [9.17, 15) is 4.79 Å². The lowest BCUT2D eigenvalue weighted by Gasteiger charge is -2.21. The highest BCUT2D eigenvalue weighted by molar-refractivity contribution is 9.10. The van der Waals surface area contributed by atoms with Crippen molar-refractivity contribution in [3.05, 3.63) is 63.3 Å². The number of anilines is 1. The number of carbonyl (C=O) groups is 1. The van der Waals surface area contributed by atoms with E-state index in [0.29, 0.717) is 10.7 Å². The molecule has 3 heterocycles. The van der Waals surface area contributed by atoms with E-state index >= 15 is 0 Å². The van der Waals surface area contributed by atoms with Crippen LogP contribution in [0.15, 0.2) is 46.4 Å². The summed E-state index contributed by atoms with van der Waals surface area (Å²) in [5.41, 5.74) is 2.72. The molecule has 1 amide bonds. The van der Waals surface area contributed by atoms with Gasteiger partial charge >= 0.3 is 0 Å². The smallest absolute Gasteiger partial charge is 0.257 e. The quantitative estimate of drug-likeness (QED) is 0.637. The van der Waals surface area contributed by atoms with Gasteiger partial charge in [0.1, 0.15) is 0 Å². The maximum atomic E-state index is 12.4. The number of carbonyl (C=O) groups excluding carboxylic acids is 1.